The Morgan fingerprint density at radius 2 is 2.00 bits per heavy atom. The molecule has 1 aliphatic rings. The van der Waals surface area contributed by atoms with Crippen molar-refractivity contribution in [2.75, 3.05) is 5.32 Å². The quantitative estimate of drug-likeness (QED) is 0.826. The average molecular weight is 298 g/mol. The molecule has 0 saturated heterocycles. The average Bonchev–Trinajstić information content (AvgIpc) is 2.87. The molecule has 7 heteroatoms. The van der Waals surface area contributed by atoms with Crippen molar-refractivity contribution in [3.8, 4) is 0 Å². The number of hydrogen-bond acceptors (Lipinski definition) is 1. The zero-order valence-electron chi connectivity index (χ0n) is 8.89. The molecule has 0 spiro atoms. The minimum Gasteiger partial charge on any atom is -0.326 e. The van der Waals surface area contributed by atoms with Crippen molar-refractivity contribution in [3.05, 3.63) is 29.8 Å². The molecule has 1 N–H and O–H groups in total. The van der Waals surface area contributed by atoms with Crippen LogP contribution in [0.2, 0.25) is 0 Å². The number of nitrogens with one attached hydrogen (secondary N) is 1. The molecule has 1 aliphatic carbocycles. The lowest BCUT2D eigenvalue weighted by Gasteiger charge is -2.09. The molecule has 1 aromatic rings. The summed E-state index contributed by atoms with van der Waals surface area (Å²) in [5.74, 6) is -1.05. The van der Waals surface area contributed by atoms with Crippen LogP contribution in [0.1, 0.15) is 12.0 Å². The minimum atomic E-state index is -4.44. The second kappa shape index (κ2) is 4.31. The second-order valence-electron chi connectivity index (χ2n) is 4.09. The third-order valence-electron chi connectivity index (χ3n) is 2.60. The van der Waals surface area contributed by atoms with Crippen molar-refractivity contribution in [1.29, 1.82) is 0 Å². The zero-order valence-corrected chi connectivity index (χ0v) is 10.4. The summed E-state index contributed by atoms with van der Waals surface area (Å²) in [6.45, 7) is 0. The van der Waals surface area contributed by atoms with Gasteiger partial charge in [0, 0.05) is 5.69 Å². The van der Waals surface area contributed by atoms with E-state index >= 15 is 0 Å². The first kappa shape index (κ1) is 13.5. The summed E-state index contributed by atoms with van der Waals surface area (Å²) >= 11 is 11.4. The monoisotopic (exact) mass is 297 g/mol. The van der Waals surface area contributed by atoms with Crippen molar-refractivity contribution in [3.63, 3.8) is 0 Å². The van der Waals surface area contributed by atoms with E-state index in [0.717, 1.165) is 12.1 Å². The normalized spacial score (nSPS) is 21.5. The van der Waals surface area contributed by atoms with Gasteiger partial charge in [-0.1, -0.05) is 6.07 Å². The first-order chi connectivity index (χ1) is 8.20. The Bertz CT molecular complexity index is 487. The van der Waals surface area contributed by atoms with E-state index in [1.807, 2.05) is 0 Å². The number of hydrogen-bond donors (Lipinski definition) is 1. The van der Waals surface area contributed by atoms with Crippen LogP contribution >= 0.6 is 23.2 Å². The van der Waals surface area contributed by atoms with Crippen molar-refractivity contribution in [1.82, 2.24) is 0 Å². The summed E-state index contributed by atoms with van der Waals surface area (Å²) in [5, 5.41) is 2.36. The highest BCUT2D eigenvalue weighted by molar-refractivity contribution is 6.52. The van der Waals surface area contributed by atoms with Gasteiger partial charge in [0.25, 0.3) is 0 Å². The summed E-state index contributed by atoms with van der Waals surface area (Å²) in [5.41, 5.74) is -0.745. The third-order valence-corrected chi connectivity index (χ3v) is 3.44. The summed E-state index contributed by atoms with van der Waals surface area (Å²) in [4.78, 5) is 11.6. The Balaban J connectivity index is 2.09. The lowest BCUT2D eigenvalue weighted by molar-refractivity contribution is -0.137. The van der Waals surface area contributed by atoms with Gasteiger partial charge in [0.15, 0.2) is 0 Å². The van der Waals surface area contributed by atoms with E-state index in [1.54, 1.807) is 0 Å². The SMILES string of the molecule is O=C(Nc1cccc(C(F)(F)F)c1)[C@H]1CC1(Cl)Cl. The molecule has 1 saturated carbocycles. The van der Waals surface area contributed by atoms with Gasteiger partial charge in [0.1, 0.15) is 4.33 Å². The number of benzene rings is 1. The van der Waals surface area contributed by atoms with Crippen molar-refractivity contribution >= 4 is 34.8 Å². The molecule has 98 valence electrons. The number of carbonyl (C=O) groups excluding carboxylic acids is 1. The fraction of sp³-hybridized carbons (Fsp3) is 0.364. The molecule has 0 radical (unpaired) electrons. The Morgan fingerprint density at radius 1 is 1.39 bits per heavy atom. The van der Waals surface area contributed by atoms with Crippen LogP contribution in [-0.2, 0) is 11.0 Å². The maximum Gasteiger partial charge on any atom is 0.416 e. The maximum absolute atomic E-state index is 12.4. The fourth-order valence-electron chi connectivity index (χ4n) is 1.50. The van der Waals surface area contributed by atoms with E-state index in [9.17, 15) is 18.0 Å². The van der Waals surface area contributed by atoms with Crippen molar-refractivity contribution in [2.45, 2.75) is 16.9 Å². The number of carbonyl (C=O) groups is 1. The van der Waals surface area contributed by atoms with Crippen LogP contribution in [0.15, 0.2) is 24.3 Å². The van der Waals surface area contributed by atoms with Crippen LogP contribution in [0.5, 0.6) is 0 Å². The highest BCUT2D eigenvalue weighted by Crippen LogP contribution is 2.53. The van der Waals surface area contributed by atoms with Gasteiger partial charge < -0.3 is 5.32 Å². The highest BCUT2D eigenvalue weighted by atomic mass is 35.5. The molecule has 18 heavy (non-hydrogen) atoms. The Hall–Kier alpha value is -0.940. The Labute approximate surface area is 111 Å². The van der Waals surface area contributed by atoms with E-state index in [4.69, 9.17) is 23.2 Å². The molecule has 2 rings (SSSR count). The van der Waals surface area contributed by atoms with Crippen LogP contribution in [-0.4, -0.2) is 10.2 Å². The predicted molar refractivity (Wildman–Crippen MR) is 62.6 cm³/mol. The van der Waals surface area contributed by atoms with Gasteiger partial charge in [0.2, 0.25) is 5.91 Å². The highest BCUT2D eigenvalue weighted by Gasteiger charge is 2.56. The molecule has 0 aliphatic heterocycles. The molecular formula is C11H8Cl2F3NO. The van der Waals surface area contributed by atoms with E-state index in [0.29, 0.717) is 6.42 Å². The fourth-order valence-corrected chi connectivity index (χ4v) is 2.01. The Morgan fingerprint density at radius 3 is 2.50 bits per heavy atom. The van der Waals surface area contributed by atoms with Gasteiger partial charge in [-0.2, -0.15) is 13.2 Å². The van der Waals surface area contributed by atoms with Gasteiger partial charge >= 0.3 is 6.18 Å². The molecule has 1 amide bonds. The van der Waals surface area contributed by atoms with Crippen LogP contribution in [0.4, 0.5) is 18.9 Å². The molecule has 0 unspecified atom stereocenters. The van der Waals surface area contributed by atoms with E-state index < -0.39 is 27.9 Å². The number of rotatable bonds is 2. The smallest absolute Gasteiger partial charge is 0.326 e. The number of amides is 1. The Kier molecular flexibility index (Phi) is 3.23. The van der Waals surface area contributed by atoms with Gasteiger partial charge in [-0.15, -0.1) is 23.2 Å². The lowest BCUT2D eigenvalue weighted by Crippen LogP contribution is -2.17. The maximum atomic E-state index is 12.4. The largest absolute Gasteiger partial charge is 0.416 e. The lowest BCUT2D eigenvalue weighted by atomic mass is 10.2. The van der Waals surface area contributed by atoms with Crippen LogP contribution < -0.4 is 5.32 Å². The van der Waals surface area contributed by atoms with Gasteiger partial charge in [-0.3, -0.25) is 4.79 Å². The van der Waals surface area contributed by atoms with Crippen LogP contribution in [0.3, 0.4) is 0 Å². The second-order valence-corrected chi connectivity index (χ2v) is 5.63. The van der Waals surface area contributed by atoms with Crippen LogP contribution in [0, 0.1) is 5.92 Å². The van der Waals surface area contributed by atoms with Gasteiger partial charge in [0.05, 0.1) is 11.5 Å². The molecule has 0 bridgehead atoms. The summed E-state index contributed by atoms with van der Waals surface area (Å²) < 4.78 is 36.2. The first-order valence-electron chi connectivity index (χ1n) is 5.06. The zero-order chi connectivity index (χ0) is 13.6. The van der Waals surface area contributed by atoms with Gasteiger partial charge in [-0.25, -0.2) is 0 Å². The molecule has 0 heterocycles. The minimum absolute atomic E-state index is 0.0749. The first-order valence-corrected chi connectivity index (χ1v) is 5.82. The molecule has 2 nitrogen and oxygen atoms in total. The summed E-state index contributed by atoms with van der Waals surface area (Å²) in [6.07, 6.45) is -4.13. The predicted octanol–water partition coefficient (Wildman–Crippen LogP) is 3.84. The van der Waals surface area contributed by atoms with Gasteiger partial charge in [-0.05, 0) is 24.6 Å². The molecule has 1 atom stereocenters. The number of halogens is 5. The molecule has 0 aromatic heterocycles. The van der Waals surface area contributed by atoms with Crippen molar-refractivity contribution < 1.29 is 18.0 Å². The van der Waals surface area contributed by atoms with E-state index in [2.05, 4.69) is 5.32 Å². The topological polar surface area (TPSA) is 29.1 Å². The summed E-state index contributed by atoms with van der Waals surface area (Å²) in [6, 6.07) is 4.39. The third kappa shape index (κ3) is 2.90. The van der Waals surface area contributed by atoms with E-state index in [1.165, 1.54) is 12.1 Å². The molecular weight excluding hydrogens is 290 g/mol. The summed E-state index contributed by atoms with van der Waals surface area (Å²) in [7, 11) is 0. The van der Waals surface area contributed by atoms with E-state index in [-0.39, 0.29) is 5.69 Å². The van der Waals surface area contributed by atoms with Crippen molar-refractivity contribution in [2.24, 2.45) is 5.92 Å². The van der Waals surface area contributed by atoms with Crippen LogP contribution in [0.25, 0.3) is 0 Å². The molecule has 1 aromatic carbocycles. The number of alkyl halides is 5. The number of anilines is 1. The molecule has 1 fully saturated rings. The standard InChI is InChI=1S/C11H8Cl2F3NO/c12-10(13)5-8(10)9(18)17-7-3-1-2-6(4-7)11(14,15)16/h1-4,8H,5H2,(H,17,18)/t8-/m1/s1.